The van der Waals surface area contributed by atoms with Crippen LogP contribution >= 0.6 is 0 Å². The van der Waals surface area contributed by atoms with Crippen LogP contribution in [-0.4, -0.2) is 24.1 Å². The molecule has 2 N–H and O–H groups in total. The number of nitrogens with one attached hydrogen (secondary N) is 2. The van der Waals surface area contributed by atoms with Crippen molar-refractivity contribution in [2.75, 3.05) is 24.8 Å². The number of hydrogen-bond donors (Lipinski definition) is 2. The highest BCUT2D eigenvalue weighted by atomic mass is 16.5. The number of rotatable bonds is 5. The molecule has 2 rings (SSSR count). The fourth-order valence-electron chi connectivity index (χ4n) is 2.02. The highest BCUT2D eigenvalue weighted by Crippen LogP contribution is 2.25. The van der Waals surface area contributed by atoms with E-state index in [1.165, 1.54) is 0 Å². The van der Waals surface area contributed by atoms with E-state index in [0.717, 1.165) is 34.5 Å². The van der Waals surface area contributed by atoms with E-state index in [2.05, 4.69) is 34.4 Å². The van der Waals surface area contributed by atoms with Crippen LogP contribution in [0.15, 0.2) is 24.3 Å². The fourth-order valence-corrected chi connectivity index (χ4v) is 2.02. The molecular weight excluding hydrogens is 264 g/mol. The van der Waals surface area contributed by atoms with Gasteiger partial charge in [-0.25, -0.2) is 9.97 Å². The largest absolute Gasteiger partial charge is 0.496 e. The van der Waals surface area contributed by atoms with Gasteiger partial charge in [-0.15, -0.1) is 0 Å². The molecule has 0 saturated carbocycles. The van der Waals surface area contributed by atoms with Gasteiger partial charge in [-0.2, -0.15) is 0 Å². The van der Waals surface area contributed by atoms with E-state index < -0.39 is 0 Å². The normalized spacial score (nSPS) is 10.6. The van der Waals surface area contributed by atoms with E-state index in [1.807, 2.05) is 38.2 Å². The van der Waals surface area contributed by atoms with Gasteiger partial charge in [0, 0.05) is 24.7 Å². The third-order valence-electron chi connectivity index (χ3n) is 3.18. The van der Waals surface area contributed by atoms with Crippen LogP contribution in [0.2, 0.25) is 0 Å². The minimum atomic E-state index is 0.274. The molecule has 0 amide bonds. The summed E-state index contributed by atoms with van der Waals surface area (Å²) >= 11 is 0. The first-order chi connectivity index (χ1) is 10.0. The number of aromatic nitrogens is 2. The Bertz CT molecular complexity index is 626. The molecular formula is C16H22N4O. The van der Waals surface area contributed by atoms with Crippen molar-refractivity contribution in [3.05, 3.63) is 35.7 Å². The highest BCUT2D eigenvalue weighted by Gasteiger charge is 2.08. The van der Waals surface area contributed by atoms with Gasteiger partial charge >= 0.3 is 0 Å². The number of aryl methyl sites for hydroxylation is 1. The molecule has 0 aliphatic carbocycles. The lowest BCUT2D eigenvalue weighted by molar-refractivity contribution is 0.412. The molecule has 0 saturated heterocycles. The standard InChI is InChI=1S/C16H22N4O/c1-10(2)16-19-14(17-4)9-15(20-16)18-12-6-7-13(21-5)11(3)8-12/h6-10H,1-5H3,(H2,17,18,19,20). The van der Waals surface area contributed by atoms with E-state index >= 15 is 0 Å². The summed E-state index contributed by atoms with van der Waals surface area (Å²) in [7, 11) is 3.53. The second-order valence-corrected chi connectivity index (χ2v) is 5.21. The molecule has 0 atom stereocenters. The molecule has 2 aromatic rings. The van der Waals surface area contributed by atoms with E-state index in [-0.39, 0.29) is 5.92 Å². The van der Waals surface area contributed by atoms with Crippen molar-refractivity contribution in [2.45, 2.75) is 26.7 Å². The Morgan fingerprint density at radius 2 is 1.81 bits per heavy atom. The number of benzene rings is 1. The lowest BCUT2D eigenvalue weighted by Gasteiger charge is -2.12. The summed E-state index contributed by atoms with van der Waals surface area (Å²) in [6.07, 6.45) is 0. The molecule has 0 spiro atoms. The van der Waals surface area contributed by atoms with E-state index in [1.54, 1.807) is 7.11 Å². The number of hydrogen-bond acceptors (Lipinski definition) is 5. The zero-order chi connectivity index (χ0) is 15.4. The molecule has 1 aromatic carbocycles. The first-order valence-electron chi connectivity index (χ1n) is 7.02. The quantitative estimate of drug-likeness (QED) is 0.877. The van der Waals surface area contributed by atoms with Crippen molar-refractivity contribution < 1.29 is 4.74 Å². The minimum absolute atomic E-state index is 0.274. The Kier molecular flexibility index (Phi) is 4.62. The maximum Gasteiger partial charge on any atom is 0.136 e. The van der Waals surface area contributed by atoms with Gasteiger partial charge in [0.1, 0.15) is 23.2 Å². The number of ether oxygens (including phenoxy) is 1. The van der Waals surface area contributed by atoms with Crippen molar-refractivity contribution in [2.24, 2.45) is 0 Å². The van der Waals surface area contributed by atoms with Gasteiger partial charge < -0.3 is 15.4 Å². The molecule has 0 unspecified atom stereocenters. The predicted molar refractivity (Wildman–Crippen MR) is 86.7 cm³/mol. The number of anilines is 3. The minimum Gasteiger partial charge on any atom is -0.496 e. The predicted octanol–water partition coefficient (Wildman–Crippen LogP) is 3.70. The molecule has 0 aliphatic heterocycles. The maximum absolute atomic E-state index is 5.27. The lowest BCUT2D eigenvalue weighted by Crippen LogP contribution is -2.05. The van der Waals surface area contributed by atoms with Crippen molar-refractivity contribution in [3.63, 3.8) is 0 Å². The molecule has 21 heavy (non-hydrogen) atoms. The molecule has 0 aliphatic rings. The average molecular weight is 286 g/mol. The summed E-state index contributed by atoms with van der Waals surface area (Å²) in [6, 6.07) is 7.85. The van der Waals surface area contributed by atoms with Crippen LogP contribution in [0.1, 0.15) is 31.2 Å². The lowest BCUT2D eigenvalue weighted by atomic mass is 10.2. The Balaban J connectivity index is 2.30. The number of nitrogens with zero attached hydrogens (tertiary/aromatic N) is 2. The molecule has 5 heteroatoms. The first-order valence-corrected chi connectivity index (χ1v) is 7.02. The average Bonchev–Trinajstić information content (AvgIpc) is 2.47. The van der Waals surface area contributed by atoms with E-state index in [0.29, 0.717) is 0 Å². The monoisotopic (exact) mass is 286 g/mol. The van der Waals surface area contributed by atoms with Gasteiger partial charge in [0.25, 0.3) is 0 Å². The molecule has 0 fully saturated rings. The summed E-state index contributed by atoms with van der Waals surface area (Å²) in [5.74, 6) is 3.55. The van der Waals surface area contributed by atoms with E-state index in [9.17, 15) is 0 Å². The van der Waals surface area contributed by atoms with Gasteiger partial charge in [0.2, 0.25) is 0 Å². The highest BCUT2D eigenvalue weighted by molar-refractivity contribution is 5.61. The summed E-state index contributed by atoms with van der Waals surface area (Å²) in [5.41, 5.74) is 2.05. The van der Waals surface area contributed by atoms with Crippen molar-refractivity contribution in [1.82, 2.24) is 9.97 Å². The Hall–Kier alpha value is -2.30. The molecule has 1 heterocycles. The van der Waals surface area contributed by atoms with Gasteiger partial charge in [-0.05, 0) is 30.7 Å². The van der Waals surface area contributed by atoms with Crippen molar-refractivity contribution in [1.29, 1.82) is 0 Å². The number of methoxy groups -OCH3 is 1. The molecule has 1 aromatic heterocycles. The van der Waals surface area contributed by atoms with Crippen LogP contribution < -0.4 is 15.4 Å². The topological polar surface area (TPSA) is 59.1 Å². The van der Waals surface area contributed by atoms with Gasteiger partial charge in [0.05, 0.1) is 7.11 Å². The molecule has 0 bridgehead atoms. The summed E-state index contributed by atoms with van der Waals surface area (Å²) in [4.78, 5) is 9.01. The second-order valence-electron chi connectivity index (χ2n) is 5.21. The van der Waals surface area contributed by atoms with Crippen LogP contribution in [0.4, 0.5) is 17.3 Å². The molecule has 0 radical (unpaired) electrons. The smallest absolute Gasteiger partial charge is 0.136 e. The zero-order valence-electron chi connectivity index (χ0n) is 13.2. The van der Waals surface area contributed by atoms with Crippen LogP contribution in [0.5, 0.6) is 5.75 Å². The van der Waals surface area contributed by atoms with Gasteiger partial charge in [0.15, 0.2) is 0 Å². The fraction of sp³-hybridized carbons (Fsp3) is 0.375. The van der Waals surface area contributed by atoms with Crippen molar-refractivity contribution in [3.8, 4) is 5.75 Å². The second kappa shape index (κ2) is 6.43. The van der Waals surface area contributed by atoms with E-state index in [4.69, 9.17) is 4.74 Å². The third-order valence-corrected chi connectivity index (χ3v) is 3.18. The summed E-state index contributed by atoms with van der Waals surface area (Å²) < 4.78 is 5.27. The van der Waals surface area contributed by atoms with Crippen LogP contribution in [0.25, 0.3) is 0 Å². The third kappa shape index (κ3) is 3.62. The van der Waals surface area contributed by atoms with Crippen LogP contribution in [-0.2, 0) is 0 Å². The van der Waals surface area contributed by atoms with Crippen LogP contribution in [0, 0.1) is 6.92 Å². The van der Waals surface area contributed by atoms with Crippen molar-refractivity contribution >= 4 is 17.3 Å². The zero-order valence-corrected chi connectivity index (χ0v) is 13.2. The Labute approximate surface area is 125 Å². The molecule has 5 nitrogen and oxygen atoms in total. The summed E-state index contributed by atoms with van der Waals surface area (Å²) in [5, 5.41) is 6.39. The van der Waals surface area contributed by atoms with Gasteiger partial charge in [-0.3, -0.25) is 0 Å². The Morgan fingerprint density at radius 1 is 1.10 bits per heavy atom. The SMILES string of the molecule is CNc1cc(Nc2ccc(OC)c(C)c2)nc(C(C)C)n1. The van der Waals surface area contributed by atoms with Gasteiger partial charge in [-0.1, -0.05) is 13.8 Å². The molecule has 112 valence electrons. The first kappa shape index (κ1) is 15.1. The Morgan fingerprint density at radius 3 is 2.38 bits per heavy atom. The summed E-state index contributed by atoms with van der Waals surface area (Å²) in [6.45, 7) is 6.18. The maximum atomic E-state index is 5.27. The van der Waals surface area contributed by atoms with Crippen LogP contribution in [0.3, 0.4) is 0 Å².